The largest absolute Gasteiger partial charge is 0.487 e. The minimum Gasteiger partial charge on any atom is -0.487 e. The lowest BCUT2D eigenvalue weighted by Crippen LogP contribution is -2.36. The summed E-state index contributed by atoms with van der Waals surface area (Å²) in [5.41, 5.74) is 0.324. The summed E-state index contributed by atoms with van der Waals surface area (Å²) >= 11 is 0. The van der Waals surface area contributed by atoms with E-state index in [-0.39, 0.29) is 24.8 Å². The first-order valence-corrected chi connectivity index (χ1v) is 6.18. The van der Waals surface area contributed by atoms with E-state index < -0.39 is 5.60 Å². The Morgan fingerprint density at radius 1 is 1.47 bits per heavy atom. The number of hydrogen-bond acceptors (Lipinski definition) is 4. The van der Waals surface area contributed by atoms with Gasteiger partial charge in [-0.25, -0.2) is 0 Å². The predicted octanol–water partition coefficient (Wildman–Crippen LogP) is 1.15. The molecule has 0 bridgehead atoms. The molecule has 1 aliphatic heterocycles. The van der Waals surface area contributed by atoms with Crippen molar-refractivity contribution < 1.29 is 19.4 Å². The van der Waals surface area contributed by atoms with Crippen LogP contribution in [0.1, 0.15) is 41.0 Å². The molecule has 0 unspecified atom stereocenters. The number of carbonyl (C=O) groups excluding carboxylic acids is 2. The van der Waals surface area contributed by atoms with E-state index in [1.165, 1.54) is 0 Å². The zero-order valence-electron chi connectivity index (χ0n) is 11.0. The van der Waals surface area contributed by atoms with Crippen LogP contribution in [0.3, 0.4) is 0 Å². The lowest BCUT2D eigenvalue weighted by Gasteiger charge is -2.31. The minimum atomic E-state index is -0.509. The molecule has 19 heavy (non-hydrogen) atoms. The summed E-state index contributed by atoms with van der Waals surface area (Å²) in [6, 6.07) is 4.79. The van der Waals surface area contributed by atoms with Crippen LogP contribution in [0.5, 0.6) is 5.75 Å². The Kier molecular flexibility index (Phi) is 3.57. The van der Waals surface area contributed by atoms with E-state index in [0.29, 0.717) is 23.3 Å². The number of aliphatic hydroxyl groups is 1. The van der Waals surface area contributed by atoms with E-state index in [4.69, 9.17) is 9.84 Å². The summed E-state index contributed by atoms with van der Waals surface area (Å²) in [5.74, 6) is 0.178. The first-order valence-electron chi connectivity index (χ1n) is 6.18. The van der Waals surface area contributed by atoms with Gasteiger partial charge in [0.15, 0.2) is 5.78 Å². The van der Waals surface area contributed by atoms with E-state index >= 15 is 0 Å². The summed E-state index contributed by atoms with van der Waals surface area (Å²) in [6.45, 7) is 3.78. The highest BCUT2D eigenvalue weighted by atomic mass is 16.5. The molecular weight excluding hydrogens is 246 g/mol. The standard InChI is InChI=1S/C14H17NO4/c1-14(2)8-11(17)10-7-9(3-4-12(10)19-14)13(18)15-5-6-16/h3-4,7,16H,5-6,8H2,1-2H3,(H,15,18). The zero-order chi connectivity index (χ0) is 14.0. The monoisotopic (exact) mass is 263 g/mol. The van der Waals surface area contributed by atoms with Crippen LogP contribution >= 0.6 is 0 Å². The third kappa shape index (κ3) is 2.93. The summed E-state index contributed by atoms with van der Waals surface area (Å²) in [5, 5.41) is 11.2. The maximum Gasteiger partial charge on any atom is 0.251 e. The van der Waals surface area contributed by atoms with Gasteiger partial charge in [-0.1, -0.05) is 0 Å². The van der Waals surface area contributed by atoms with Gasteiger partial charge in [-0.15, -0.1) is 0 Å². The number of ketones is 1. The van der Waals surface area contributed by atoms with E-state index in [1.54, 1.807) is 18.2 Å². The molecule has 0 spiro atoms. The second kappa shape index (κ2) is 5.01. The molecule has 0 saturated carbocycles. The molecule has 1 heterocycles. The number of Topliss-reactive ketones (excluding diaryl/α,β-unsaturated/α-hetero) is 1. The Morgan fingerprint density at radius 3 is 2.89 bits per heavy atom. The van der Waals surface area contributed by atoms with Gasteiger partial charge in [-0.2, -0.15) is 0 Å². The Bertz CT molecular complexity index is 522. The second-order valence-electron chi connectivity index (χ2n) is 5.15. The summed E-state index contributed by atoms with van der Waals surface area (Å²) < 4.78 is 5.71. The van der Waals surface area contributed by atoms with Crippen molar-refractivity contribution in [2.75, 3.05) is 13.2 Å². The van der Waals surface area contributed by atoms with Gasteiger partial charge >= 0.3 is 0 Å². The normalized spacial score (nSPS) is 16.5. The lowest BCUT2D eigenvalue weighted by molar-refractivity contribution is 0.0620. The molecule has 2 N–H and O–H groups in total. The molecule has 2 rings (SSSR count). The lowest BCUT2D eigenvalue weighted by atomic mass is 9.92. The van der Waals surface area contributed by atoms with Crippen molar-refractivity contribution in [2.45, 2.75) is 25.9 Å². The minimum absolute atomic E-state index is 0.0249. The molecular formula is C14H17NO4. The van der Waals surface area contributed by atoms with Gasteiger partial charge in [0.25, 0.3) is 5.91 Å². The van der Waals surface area contributed by atoms with Crippen LogP contribution in [0.4, 0.5) is 0 Å². The molecule has 1 aromatic carbocycles. The van der Waals surface area contributed by atoms with Gasteiger partial charge < -0.3 is 15.2 Å². The smallest absolute Gasteiger partial charge is 0.251 e. The fourth-order valence-electron chi connectivity index (χ4n) is 2.07. The topological polar surface area (TPSA) is 75.6 Å². The molecule has 1 amide bonds. The number of benzene rings is 1. The van der Waals surface area contributed by atoms with Gasteiger partial charge in [0.05, 0.1) is 18.6 Å². The average Bonchev–Trinajstić information content (AvgIpc) is 2.34. The molecule has 5 heteroatoms. The Balaban J connectivity index is 2.27. The highest BCUT2D eigenvalue weighted by Crippen LogP contribution is 2.33. The number of hydrogen-bond donors (Lipinski definition) is 2. The zero-order valence-corrected chi connectivity index (χ0v) is 11.0. The van der Waals surface area contributed by atoms with Gasteiger partial charge in [-0.05, 0) is 32.0 Å². The maximum absolute atomic E-state index is 12.0. The maximum atomic E-state index is 12.0. The molecule has 0 fully saturated rings. The van der Waals surface area contributed by atoms with Crippen molar-refractivity contribution in [1.29, 1.82) is 0 Å². The molecule has 0 saturated heterocycles. The molecule has 0 aliphatic carbocycles. The van der Waals surface area contributed by atoms with Gasteiger partial charge in [0, 0.05) is 12.1 Å². The third-order valence-corrected chi connectivity index (χ3v) is 2.91. The van der Waals surface area contributed by atoms with E-state index in [0.717, 1.165) is 0 Å². The van der Waals surface area contributed by atoms with Crippen LogP contribution in [0.2, 0.25) is 0 Å². The molecule has 0 atom stereocenters. The highest BCUT2D eigenvalue weighted by molar-refractivity contribution is 6.03. The number of rotatable bonds is 3. The number of aliphatic hydroxyl groups excluding tert-OH is 1. The number of fused-ring (bicyclic) bond motifs is 1. The summed E-state index contributed by atoms with van der Waals surface area (Å²) in [4.78, 5) is 23.8. The average molecular weight is 263 g/mol. The van der Waals surface area contributed by atoms with Crippen LogP contribution in [0.25, 0.3) is 0 Å². The number of ether oxygens (including phenoxy) is 1. The summed E-state index contributed by atoms with van der Waals surface area (Å²) in [6.07, 6.45) is 0.293. The summed E-state index contributed by atoms with van der Waals surface area (Å²) in [7, 11) is 0. The van der Waals surface area contributed by atoms with Crippen molar-refractivity contribution in [3.8, 4) is 5.75 Å². The number of carbonyl (C=O) groups is 2. The van der Waals surface area contributed by atoms with Crippen molar-refractivity contribution >= 4 is 11.7 Å². The van der Waals surface area contributed by atoms with Crippen molar-refractivity contribution in [3.63, 3.8) is 0 Å². The van der Waals surface area contributed by atoms with Crippen LogP contribution in [-0.4, -0.2) is 35.5 Å². The number of amides is 1. The Labute approximate surface area is 111 Å². The van der Waals surface area contributed by atoms with Crippen molar-refractivity contribution in [2.24, 2.45) is 0 Å². The highest BCUT2D eigenvalue weighted by Gasteiger charge is 2.32. The van der Waals surface area contributed by atoms with Crippen LogP contribution < -0.4 is 10.1 Å². The van der Waals surface area contributed by atoms with Crippen LogP contribution in [-0.2, 0) is 0 Å². The van der Waals surface area contributed by atoms with Gasteiger partial charge in [0.2, 0.25) is 0 Å². The van der Waals surface area contributed by atoms with Gasteiger partial charge in [-0.3, -0.25) is 9.59 Å². The Hall–Kier alpha value is -1.88. The quantitative estimate of drug-likeness (QED) is 0.857. The molecule has 102 valence electrons. The molecule has 0 aromatic heterocycles. The molecule has 1 aliphatic rings. The van der Waals surface area contributed by atoms with E-state index in [1.807, 2.05) is 13.8 Å². The van der Waals surface area contributed by atoms with Crippen LogP contribution in [0.15, 0.2) is 18.2 Å². The van der Waals surface area contributed by atoms with Crippen molar-refractivity contribution in [3.05, 3.63) is 29.3 Å². The fourth-order valence-corrected chi connectivity index (χ4v) is 2.07. The molecule has 1 aromatic rings. The van der Waals surface area contributed by atoms with E-state index in [2.05, 4.69) is 5.32 Å². The van der Waals surface area contributed by atoms with Crippen molar-refractivity contribution in [1.82, 2.24) is 5.32 Å². The molecule has 5 nitrogen and oxygen atoms in total. The predicted molar refractivity (Wildman–Crippen MR) is 69.5 cm³/mol. The fraction of sp³-hybridized carbons (Fsp3) is 0.429. The molecule has 0 radical (unpaired) electrons. The first kappa shape index (κ1) is 13.5. The van der Waals surface area contributed by atoms with E-state index in [9.17, 15) is 9.59 Å². The Morgan fingerprint density at radius 2 is 2.21 bits per heavy atom. The first-order chi connectivity index (χ1) is 8.93. The SMILES string of the molecule is CC1(C)CC(=O)c2cc(C(=O)NCCO)ccc2O1. The van der Waals surface area contributed by atoms with Gasteiger partial charge in [0.1, 0.15) is 11.4 Å². The third-order valence-electron chi connectivity index (χ3n) is 2.91. The second-order valence-corrected chi connectivity index (χ2v) is 5.15. The van der Waals surface area contributed by atoms with Crippen LogP contribution in [0, 0.1) is 0 Å². The number of nitrogens with one attached hydrogen (secondary N) is 1.